The Morgan fingerprint density at radius 2 is 2.19 bits per heavy atom. The number of aliphatic imine (C=N–C) groups is 1. The van der Waals surface area contributed by atoms with Gasteiger partial charge in [-0.15, -0.1) is 11.3 Å². The number of fused-ring (bicyclic) bond motifs is 5. The molecule has 5 rings (SSSR count). The van der Waals surface area contributed by atoms with Gasteiger partial charge >= 0.3 is 0 Å². The second kappa shape index (κ2) is 5.26. The molecule has 2 aromatic heterocycles. The van der Waals surface area contributed by atoms with Gasteiger partial charge in [0, 0.05) is 40.5 Å². The van der Waals surface area contributed by atoms with Crippen LogP contribution >= 0.6 is 11.3 Å². The van der Waals surface area contributed by atoms with Crippen LogP contribution in [0.15, 0.2) is 41.4 Å². The van der Waals surface area contributed by atoms with Gasteiger partial charge < -0.3 is 15.7 Å². The summed E-state index contributed by atoms with van der Waals surface area (Å²) in [4.78, 5) is 20.9. The fourth-order valence-corrected chi connectivity index (χ4v) is 5.26. The second-order valence-electron chi connectivity index (χ2n) is 6.88. The normalized spacial score (nSPS) is 24.1. The van der Waals surface area contributed by atoms with Crippen LogP contribution in [0.5, 0.6) is 0 Å². The van der Waals surface area contributed by atoms with E-state index in [9.17, 15) is 9.18 Å². The lowest BCUT2D eigenvalue weighted by Gasteiger charge is -2.37. The van der Waals surface area contributed by atoms with Gasteiger partial charge in [-0.25, -0.2) is 9.38 Å². The molecule has 0 saturated heterocycles. The molecule has 2 aliphatic heterocycles. The van der Waals surface area contributed by atoms with Gasteiger partial charge in [-0.3, -0.25) is 9.69 Å². The topological polar surface area (TPSA) is 87.5 Å². The number of benzene rings is 1. The van der Waals surface area contributed by atoms with Crippen LogP contribution in [-0.2, 0) is 16.9 Å². The number of thiophene rings is 1. The van der Waals surface area contributed by atoms with E-state index in [-0.39, 0.29) is 17.7 Å². The van der Waals surface area contributed by atoms with Gasteiger partial charge in [-0.1, -0.05) is 0 Å². The summed E-state index contributed by atoms with van der Waals surface area (Å²) in [5.74, 6) is -0.671. The van der Waals surface area contributed by atoms with Crippen LogP contribution in [0.25, 0.3) is 10.9 Å². The third-order valence-corrected chi connectivity index (χ3v) is 6.69. The molecule has 0 aliphatic carbocycles. The van der Waals surface area contributed by atoms with Gasteiger partial charge in [0.2, 0.25) is 5.91 Å². The number of amides is 1. The molecule has 0 fully saturated rings. The zero-order valence-corrected chi connectivity index (χ0v) is 15.3. The molecule has 2 unspecified atom stereocenters. The molecule has 136 valence electrons. The quantitative estimate of drug-likeness (QED) is 0.668. The van der Waals surface area contributed by atoms with Gasteiger partial charge in [0.15, 0.2) is 11.5 Å². The molecule has 27 heavy (non-hydrogen) atoms. The van der Waals surface area contributed by atoms with E-state index in [0.717, 1.165) is 26.4 Å². The van der Waals surface area contributed by atoms with Crippen LogP contribution < -0.4 is 5.73 Å². The van der Waals surface area contributed by atoms with E-state index in [1.165, 1.54) is 34.6 Å². The third kappa shape index (κ3) is 1.96. The number of nitrogens with one attached hydrogen (secondary N) is 1. The first-order valence-electron chi connectivity index (χ1n) is 8.48. The number of nitrogens with zero attached hydrogens (tertiary/aromatic N) is 3. The van der Waals surface area contributed by atoms with E-state index in [0.29, 0.717) is 6.54 Å². The van der Waals surface area contributed by atoms with Gasteiger partial charge in [0.1, 0.15) is 5.82 Å². The minimum Gasteiger partial charge on any atom is -0.369 e. The minimum atomic E-state index is -0.949. The number of hydrogen-bond acceptors (Lipinski definition) is 5. The van der Waals surface area contributed by atoms with Crippen molar-refractivity contribution in [3.8, 4) is 0 Å². The number of carbonyl (C=O) groups is 1. The Labute approximate surface area is 158 Å². The predicted molar refractivity (Wildman–Crippen MR) is 103 cm³/mol. The number of aromatic nitrogens is 1. The van der Waals surface area contributed by atoms with Gasteiger partial charge in [-0.05, 0) is 36.4 Å². The molecule has 4 heterocycles. The van der Waals surface area contributed by atoms with Gasteiger partial charge in [0.25, 0.3) is 0 Å². The maximum atomic E-state index is 13.7. The van der Waals surface area contributed by atoms with Crippen LogP contribution in [0.2, 0.25) is 0 Å². The maximum Gasteiger partial charge on any atom is 0.237 e. The standard InChI is InChI=1S/C19H16FN5OS/c1-24-17(26)13-9-25-14-4-2-11(20)6-10(14)7-15(25)19(13,23-18(24)22)16-5-3-12(8-21)27-16/h2-8,13,21H,9H2,1H3,(H2,22,23). The van der Waals surface area contributed by atoms with Crippen molar-refractivity contribution in [1.29, 1.82) is 5.41 Å². The molecule has 0 spiro atoms. The Morgan fingerprint density at radius 1 is 1.37 bits per heavy atom. The molecule has 0 saturated carbocycles. The Hall–Kier alpha value is -3.00. The second-order valence-corrected chi connectivity index (χ2v) is 7.99. The summed E-state index contributed by atoms with van der Waals surface area (Å²) >= 11 is 1.42. The Kier molecular flexibility index (Phi) is 3.16. The molecule has 1 amide bonds. The van der Waals surface area contributed by atoms with E-state index in [2.05, 4.69) is 0 Å². The number of nitrogens with two attached hydrogens (primary N) is 1. The molecular formula is C19H16FN5OS. The number of carbonyl (C=O) groups excluding carboxylic acids is 1. The summed E-state index contributed by atoms with van der Waals surface area (Å²) in [5, 5.41) is 8.30. The monoisotopic (exact) mass is 381 g/mol. The number of rotatable bonds is 2. The van der Waals surface area contributed by atoms with Crippen LogP contribution in [-0.4, -0.2) is 34.6 Å². The lowest BCUT2D eigenvalue weighted by molar-refractivity contribution is -0.133. The van der Waals surface area contributed by atoms with Crippen molar-refractivity contribution in [3.63, 3.8) is 0 Å². The maximum absolute atomic E-state index is 13.7. The highest BCUT2D eigenvalue weighted by molar-refractivity contribution is 7.13. The first-order valence-corrected chi connectivity index (χ1v) is 9.30. The zero-order chi connectivity index (χ0) is 18.9. The van der Waals surface area contributed by atoms with Crippen molar-refractivity contribution in [2.24, 2.45) is 16.6 Å². The van der Waals surface area contributed by atoms with E-state index >= 15 is 0 Å². The molecule has 0 bridgehead atoms. The van der Waals surface area contributed by atoms with Crippen molar-refractivity contribution in [3.05, 3.63) is 57.7 Å². The number of guanidine groups is 1. The van der Waals surface area contributed by atoms with Crippen LogP contribution in [0.3, 0.4) is 0 Å². The van der Waals surface area contributed by atoms with Crippen molar-refractivity contribution in [1.82, 2.24) is 9.47 Å². The molecule has 3 aromatic rings. The average Bonchev–Trinajstić information content (AvgIpc) is 3.33. The smallest absolute Gasteiger partial charge is 0.237 e. The SMILES string of the molecule is CN1C(=O)C2Cn3c(cc4cc(F)ccc43)C2(c2ccc(C=N)s2)N=C1N. The minimum absolute atomic E-state index is 0.0914. The molecule has 3 N–H and O–H groups in total. The van der Waals surface area contributed by atoms with Gasteiger partial charge in [-0.2, -0.15) is 0 Å². The van der Waals surface area contributed by atoms with Crippen molar-refractivity contribution < 1.29 is 9.18 Å². The molecule has 2 atom stereocenters. The lowest BCUT2D eigenvalue weighted by Crippen LogP contribution is -2.53. The number of hydrogen-bond donors (Lipinski definition) is 2. The summed E-state index contributed by atoms with van der Waals surface area (Å²) in [6.07, 6.45) is 1.28. The van der Waals surface area contributed by atoms with Crippen LogP contribution in [0.1, 0.15) is 15.4 Å². The summed E-state index contributed by atoms with van der Waals surface area (Å²) in [6, 6.07) is 10.3. The Morgan fingerprint density at radius 3 is 2.93 bits per heavy atom. The lowest BCUT2D eigenvalue weighted by atomic mass is 9.80. The van der Waals surface area contributed by atoms with E-state index in [1.54, 1.807) is 13.1 Å². The van der Waals surface area contributed by atoms with Crippen molar-refractivity contribution in [2.45, 2.75) is 12.1 Å². The molecule has 2 aliphatic rings. The molecule has 6 nitrogen and oxygen atoms in total. The first-order chi connectivity index (χ1) is 13.0. The van der Waals surface area contributed by atoms with Gasteiger partial charge in [0.05, 0.1) is 11.6 Å². The summed E-state index contributed by atoms with van der Waals surface area (Å²) in [5.41, 5.74) is 6.86. The molecular weight excluding hydrogens is 365 g/mol. The van der Waals surface area contributed by atoms with E-state index in [4.69, 9.17) is 16.1 Å². The molecule has 1 aromatic carbocycles. The highest BCUT2D eigenvalue weighted by Crippen LogP contribution is 2.52. The fourth-order valence-electron chi connectivity index (χ4n) is 4.23. The first kappa shape index (κ1) is 16.2. The number of halogens is 1. The van der Waals surface area contributed by atoms with Crippen molar-refractivity contribution in [2.75, 3.05) is 7.05 Å². The predicted octanol–water partition coefficient (Wildman–Crippen LogP) is 2.50. The van der Waals surface area contributed by atoms with E-state index in [1.807, 2.05) is 22.8 Å². The zero-order valence-electron chi connectivity index (χ0n) is 14.4. The fraction of sp³-hybridized carbons (Fsp3) is 0.211. The highest BCUT2D eigenvalue weighted by atomic mass is 32.1. The molecule has 0 radical (unpaired) electrons. The summed E-state index contributed by atoms with van der Waals surface area (Å²) in [7, 11) is 1.63. The Balaban J connectivity index is 1.85. The summed E-state index contributed by atoms with van der Waals surface area (Å²) in [6.45, 7) is 0.447. The Bertz CT molecular complexity index is 1160. The van der Waals surface area contributed by atoms with Crippen molar-refractivity contribution >= 4 is 40.3 Å². The molecule has 8 heteroatoms. The third-order valence-electron chi connectivity index (χ3n) is 5.53. The average molecular weight is 381 g/mol. The summed E-state index contributed by atoms with van der Waals surface area (Å²) < 4.78 is 15.8. The highest BCUT2D eigenvalue weighted by Gasteiger charge is 2.57. The van der Waals surface area contributed by atoms with Crippen LogP contribution in [0.4, 0.5) is 4.39 Å². The van der Waals surface area contributed by atoms with Crippen LogP contribution in [0, 0.1) is 17.1 Å². The largest absolute Gasteiger partial charge is 0.369 e. The van der Waals surface area contributed by atoms with E-state index < -0.39 is 11.5 Å².